The second kappa shape index (κ2) is 6.40. The number of fused-ring (bicyclic) bond motifs is 1. The minimum absolute atomic E-state index is 0.00112. The zero-order chi connectivity index (χ0) is 17.4. The highest BCUT2D eigenvalue weighted by Crippen LogP contribution is 2.42. The molecule has 0 aliphatic carbocycles. The zero-order valence-electron chi connectivity index (χ0n) is 14.0. The molecule has 1 atom stereocenters. The first kappa shape index (κ1) is 16.7. The molecule has 0 spiro atoms. The number of aromatic hydroxyl groups is 1. The van der Waals surface area contributed by atoms with Crippen LogP contribution < -0.4 is 4.74 Å². The first-order valence-corrected chi connectivity index (χ1v) is 9.45. The van der Waals surface area contributed by atoms with Crippen LogP contribution >= 0.6 is 0 Å². The molecule has 126 valence electrons. The molecule has 0 bridgehead atoms. The van der Waals surface area contributed by atoms with Crippen molar-refractivity contribution in [1.82, 2.24) is 0 Å². The van der Waals surface area contributed by atoms with Crippen molar-refractivity contribution in [2.45, 2.75) is 31.1 Å². The number of phenols is 1. The fourth-order valence-corrected chi connectivity index (χ4v) is 3.46. The molecule has 1 N–H and O–H groups in total. The lowest BCUT2D eigenvalue weighted by Crippen LogP contribution is -2.07. The van der Waals surface area contributed by atoms with E-state index in [1.54, 1.807) is 30.5 Å². The number of hydrogen-bond donors (Lipinski definition) is 1. The first-order chi connectivity index (χ1) is 11.4. The van der Waals surface area contributed by atoms with Gasteiger partial charge in [0.05, 0.1) is 6.61 Å². The largest absolute Gasteiger partial charge is 0.507 e. The molecule has 3 rings (SSSR count). The van der Waals surface area contributed by atoms with Gasteiger partial charge in [0.25, 0.3) is 0 Å². The van der Waals surface area contributed by atoms with Crippen LogP contribution in [0.1, 0.15) is 46.8 Å². The molecular formula is C19H20O4S. The fraction of sp³-hybridized carbons (Fsp3) is 0.316. The number of ether oxygens (including phenoxy) is 1. The average molecular weight is 344 g/mol. The lowest BCUT2D eigenvalue weighted by molar-refractivity contribution is 0.103. The number of ketones is 1. The topological polar surface area (TPSA) is 63.6 Å². The van der Waals surface area contributed by atoms with Crippen LogP contribution in [0.4, 0.5) is 0 Å². The summed E-state index contributed by atoms with van der Waals surface area (Å²) in [5.74, 6) is 0.317. The van der Waals surface area contributed by atoms with Gasteiger partial charge in [-0.15, -0.1) is 0 Å². The Bertz CT molecular complexity index is 822. The van der Waals surface area contributed by atoms with Gasteiger partial charge >= 0.3 is 0 Å². The Balaban J connectivity index is 2.11. The Kier molecular flexibility index (Phi) is 4.45. The summed E-state index contributed by atoms with van der Waals surface area (Å²) in [6.45, 7) is 4.48. The van der Waals surface area contributed by atoms with Gasteiger partial charge in [0, 0.05) is 33.9 Å². The number of carbonyl (C=O) groups excluding carboxylic acids is 1. The number of phenolic OH excluding ortho intramolecular Hbond substituents is 1. The van der Waals surface area contributed by atoms with Crippen LogP contribution in [0.2, 0.25) is 0 Å². The molecule has 1 unspecified atom stereocenters. The molecule has 0 radical (unpaired) electrons. The molecule has 0 amide bonds. The van der Waals surface area contributed by atoms with E-state index in [0.29, 0.717) is 22.8 Å². The summed E-state index contributed by atoms with van der Waals surface area (Å²) < 4.78 is 17.1. The molecule has 24 heavy (non-hydrogen) atoms. The number of hydrogen-bond acceptors (Lipinski definition) is 4. The van der Waals surface area contributed by atoms with Gasteiger partial charge in [0.2, 0.25) is 5.78 Å². The van der Waals surface area contributed by atoms with E-state index < -0.39 is 10.8 Å². The highest BCUT2D eigenvalue weighted by atomic mass is 32.2. The van der Waals surface area contributed by atoms with Gasteiger partial charge in [-0.3, -0.25) is 9.00 Å². The van der Waals surface area contributed by atoms with Crippen LogP contribution in [0.15, 0.2) is 35.2 Å². The minimum Gasteiger partial charge on any atom is -0.507 e. The third-order valence-electron chi connectivity index (χ3n) is 4.27. The van der Waals surface area contributed by atoms with E-state index in [1.165, 1.54) is 0 Å². The standard InChI is InChI=1S/C19H20O4S/c1-11(2)15-10-13-8-9-23-19(13)16(18(15)21)17(20)12-4-6-14(7-5-12)24(3)22/h4-7,10-11,21H,8-9H2,1-3H3. The molecule has 2 aromatic rings. The van der Waals surface area contributed by atoms with Crippen molar-refractivity contribution in [1.29, 1.82) is 0 Å². The van der Waals surface area contributed by atoms with Gasteiger partial charge in [-0.2, -0.15) is 0 Å². The molecule has 1 aliphatic heterocycles. The van der Waals surface area contributed by atoms with E-state index in [2.05, 4.69) is 0 Å². The predicted molar refractivity (Wildman–Crippen MR) is 93.6 cm³/mol. The summed E-state index contributed by atoms with van der Waals surface area (Å²) in [6.07, 6.45) is 2.33. The molecule has 0 saturated heterocycles. The molecule has 1 aliphatic rings. The Labute approximate surface area is 143 Å². The summed E-state index contributed by atoms with van der Waals surface area (Å²) in [7, 11) is -1.09. The van der Waals surface area contributed by atoms with Crippen molar-refractivity contribution in [3.05, 3.63) is 52.6 Å². The molecule has 5 heteroatoms. The maximum atomic E-state index is 13.0. The average Bonchev–Trinajstić information content (AvgIpc) is 3.01. The normalized spacial score (nSPS) is 14.3. The smallest absolute Gasteiger partial charge is 0.200 e. The highest BCUT2D eigenvalue weighted by Gasteiger charge is 2.28. The summed E-state index contributed by atoms with van der Waals surface area (Å²) in [4.78, 5) is 13.6. The van der Waals surface area contributed by atoms with Gasteiger partial charge in [0.1, 0.15) is 17.1 Å². The number of carbonyl (C=O) groups is 1. The predicted octanol–water partition coefficient (Wildman–Crippen LogP) is 3.42. The summed E-state index contributed by atoms with van der Waals surface area (Å²) in [6, 6.07) is 8.56. The zero-order valence-corrected chi connectivity index (χ0v) is 14.8. The van der Waals surface area contributed by atoms with Crippen LogP contribution in [0.3, 0.4) is 0 Å². The molecule has 4 nitrogen and oxygen atoms in total. The molecular weight excluding hydrogens is 324 g/mol. The van der Waals surface area contributed by atoms with Gasteiger partial charge < -0.3 is 9.84 Å². The fourth-order valence-electron chi connectivity index (χ4n) is 2.94. The van der Waals surface area contributed by atoms with Gasteiger partial charge in [-0.25, -0.2) is 0 Å². The van der Waals surface area contributed by atoms with Crippen molar-refractivity contribution >= 4 is 16.6 Å². The minimum atomic E-state index is -1.09. The number of benzene rings is 2. The van der Waals surface area contributed by atoms with Crippen molar-refractivity contribution in [3.63, 3.8) is 0 Å². The lowest BCUT2D eigenvalue weighted by atomic mass is 9.91. The van der Waals surface area contributed by atoms with Crippen LogP contribution in [0, 0.1) is 0 Å². The van der Waals surface area contributed by atoms with Gasteiger partial charge in [0.15, 0.2) is 0 Å². The van der Waals surface area contributed by atoms with Crippen LogP contribution in [-0.4, -0.2) is 28.0 Å². The quantitative estimate of drug-likeness (QED) is 0.863. The van der Waals surface area contributed by atoms with Crippen molar-refractivity contribution in [3.8, 4) is 11.5 Å². The Morgan fingerprint density at radius 2 is 1.92 bits per heavy atom. The second-order valence-corrected chi connectivity index (χ2v) is 7.62. The van der Waals surface area contributed by atoms with E-state index in [4.69, 9.17) is 4.74 Å². The Hall–Kier alpha value is -2.14. The Morgan fingerprint density at radius 1 is 1.25 bits per heavy atom. The number of rotatable bonds is 4. The first-order valence-electron chi connectivity index (χ1n) is 7.90. The van der Waals surface area contributed by atoms with Crippen LogP contribution in [0.5, 0.6) is 11.5 Å². The van der Waals surface area contributed by atoms with E-state index in [1.807, 2.05) is 19.9 Å². The van der Waals surface area contributed by atoms with Crippen LogP contribution in [0.25, 0.3) is 0 Å². The summed E-state index contributed by atoms with van der Waals surface area (Å²) in [5.41, 5.74) is 2.40. The molecule has 0 aromatic heterocycles. The van der Waals surface area contributed by atoms with Gasteiger partial charge in [-0.1, -0.05) is 13.8 Å². The molecule has 0 fully saturated rings. The monoisotopic (exact) mass is 344 g/mol. The van der Waals surface area contributed by atoms with E-state index in [0.717, 1.165) is 17.5 Å². The molecule has 2 aromatic carbocycles. The second-order valence-electron chi connectivity index (χ2n) is 6.24. The van der Waals surface area contributed by atoms with Gasteiger partial charge in [-0.05, 0) is 47.4 Å². The maximum absolute atomic E-state index is 13.0. The summed E-state index contributed by atoms with van der Waals surface area (Å²) in [5, 5.41) is 10.6. The van der Waals surface area contributed by atoms with Crippen molar-refractivity contribution in [2.24, 2.45) is 0 Å². The van der Waals surface area contributed by atoms with Crippen molar-refractivity contribution < 1.29 is 18.8 Å². The van der Waals surface area contributed by atoms with E-state index in [-0.39, 0.29) is 23.0 Å². The highest BCUT2D eigenvalue weighted by molar-refractivity contribution is 7.84. The third-order valence-corrected chi connectivity index (χ3v) is 5.21. The van der Waals surface area contributed by atoms with E-state index >= 15 is 0 Å². The summed E-state index contributed by atoms with van der Waals surface area (Å²) >= 11 is 0. The molecule has 1 heterocycles. The van der Waals surface area contributed by atoms with Crippen molar-refractivity contribution in [2.75, 3.05) is 12.9 Å². The Morgan fingerprint density at radius 3 is 2.50 bits per heavy atom. The molecule has 0 saturated carbocycles. The van der Waals surface area contributed by atoms with E-state index in [9.17, 15) is 14.1 Å². The lowest BCUT2D eigenvalue weighted by Gasteiger charge is -2.16. The SMILES string of the molecule is CC(C)c1cc2c(c(C(=O)c3ccc(S(C)=O)cc3)c1O)OCC2. The third kappa shape index (κ3) is 2.84. The maximum Gasteiger partial charge on any atom is 0.200 e. The van der Waals surface area contributed by atoms with Crippen LogP contribution in [-0.2, 0) is 17.2 Å².